The molecule has 15 heavy (non-hydrogen) atoms. The zero-order valence-corrected chi connectivity index (χ0v) is 8.10. The van der Waals surface area contributed by atoms with E-state index < -0.39 is 0 Å². The van der Waals surface area contributed by atoms with E-state index in [2.05, 4.69) is 10.8 Å². The highest BCUT2D eigenvalue weighted by Gasteiger charge is 2.07. The molecule has 0 aromatic carbocycles. The number of rotatable bonds is 1. The third-order valence-corrected chi connectivity index (χ3v) is 2.19. The van der Waals surface area contributed by atoms with Crippen LogP contribution in [0.25, 0.3) is 5.52 Å². The summed E-state index contributed by atoms with van der Waals surface area (Å²) in [6.45, 7) is 0. The van der Waals surface area contributed by atoms with E-state index in [0.717, 1.165) is 5.52 Å². The van der Waals surface area contributed by atoms with Crippen LogP contribution >= 0.6 is 0 Å². The maximum atomic E-state index is 11.2. The monoisotopic (exact) mass is 200 g/mol. The molecule has 0 saturated heterocycles. The summed E-state index contributed by atoms with van der Waals surface area (Å²) < 4.78 is 6.32. The molecule has 0 unspecified atom stereocenters. The molecule has 2 aromatic rings. The van der Waals surface area contributed by atoms with Gasteiger partial charge in [0.05, 0.1) is 12.7 Å². The van der Waals surface area contributed by atoms with Crippen LogP contribution in [-0.2, 0) is 4.74 Å². The van der Waals surface area contributed by atoms with E-state index in [9.17, 15) is 4.79 Å². The summed E-state index contributed by atoms with van der Waals surface area (Å²) in [6.07, 6.45) is 1.68. The lowest BCUT2D eigenvalue weighted by Crippen LogP contribution is -2.01. The van der Waals surface area contributed by atoms with Crippen LogP contribution in [-0.4, -0.2) is 17.5 Å². The van der Waals surface area contributed by atoms with Crippen molar-refractivity contribution in [2.24, 2.45) is 0 Å². The lowest BCUT2D eigenvalue weighted by atomic mass is 10.2. The second kappa shape index (κ2) is 3.46. The number of nitrogens with zero attached hydrogens (tertiary/aromatic N) is 2. The number of nitriles is 1. The highest BCUT2D eigenvalue weighted by molar-refractivity contribution is 5.90. The number of pyridine rings is 1. The molecule has 0 aliphatic heterocycles. The van der Waals surface area contributed by atoms with Crippen molar-refractivity contribution in [2.45, 2.75) is 0 Å². The van der Waals surface area contributed by atoms with Gasteiger partial charge in [-0.3, -0.25) is 0 Å². The van der Waals surface area contributed by atoms with E-state index in [1.165, 1.54) is 7.11 Å². The van der Waals surface area contributed by atoms with Gasteiger partial charge in [0.2, 0.25) is 0 Å². The quantitative estimate of drug-likeness (QED) is 0.657. The molecule has 74 valence electrons. The van der Waals surface area contributed by atoms with Gasteiger partial charge in [-0.15, -0.1) is 0 Å². The van der Waals surface area contributed by atoms with Crippen LogP contribution in [0.4, 0.5) is 0 Å². The van der Waals surface area contributed by atoms with Gasteiger partial charge in [0.25, 0.3) is 0 Å². The summed E-state index contributed by atoms with van der Waals surface area (Å²) in [7, 11) is 1.34. The maximum Gasteiger partial charge on any atom is 0.337 e. The van der Waals surface area contributed by atoms with E-state index in [4.69, 9.17) is 5.26 Å². The van der Waals surface area contributed by atoms with Gasteiger partial charge in [-0.25, -0.2) is 4.79 Å². The molecule has 0 fully saturated rings. The van der Waals surface area contributed by atoms with Crippen molar-refractivity contribution in [3.63, 3.8) is 0 Å². The molecule has 2 aromatic heterocycles. The average Bonchev–Trinajstić information content (AvgIpc) is 2.69. The van der Waals surface area contributed by atoms with Gasteiger partial charge < -0.3 is 9.14 Å². The van der Waals surface area contributed by atoms with Gasteiger partial charge in [0, 0.05) is 11.7 Å². The lowest BCUT2D eigenvalue weighted by molar-refractivity contribution is 0.0601. The summed E-state index contributed by atoms with van der Waals surface area (Å²) in [6, 6.07) is 8.86. The van der Waals surface area contributed by atoms with Crippen molar-refractivity contribution in [1.82, 2.24) is 4.40 Å². The molecular weight excluding hydrogens is 192 g/mol. The number of hydrogen-bond donors (Lipinski definition) is 0. The zero-order chi connectivity index (χ0) is 10.8. The number of esters is 1. The lowest BCUT2D eigenvalue weighted by Gasteiger charge is -2.00. The second-order valence-electron chi connectivity index (χ2n) is 3.03. The predicted octanol–water partition coefficient (Wildman–Crippen LogP) is 1.60. The van der Waals surface area contributed by atoms with Crippen molar-refractivity contribution < 1.29 is 9.53 Å². The molecule has 0 aliphatic rings. The van der Waals surface area contributed by atoms with Crippen LogP contribution in [0.15, 0.2) is 30.5 Å². The molecule has 0 amide bonds. The van der Waals surface area contributed by atoms with Crippen molar-refractivity contribution in [3.05, 3.63) is 41.7 Å². The molecule has 0 N–H and O–H groups in total. The third-order valence-electron chi connectivity index (χ3n) is 2.19. The highest BCUT2D eigenvalue weighted by Crippen LogP contribution is 2.12. The van der Waals surface area contributed by atoms with Crippen LogP contribution in [0.5, 0.6) is 0 Å². The van der Waals surface area contributed by atoms with Crippen LogP contribution in [0.1, 0.15) is 16.1 Å². The van der Waals surface area contributed by atoms with Gasteiger partial charge in [-0.1, -0.05) is 0 Å². The zero-order valence-electron chi connectivity index (χ0n) is 8.10. The van der Waals surface area contributed by atoms with Gasteiger partial charge in [0.1, 0.15) is 11.8 Å². The molecule has 4 nitrogen and oxygen atoms in total. The summed E-state index contributed by atoms with van der Waals surface area (Å²) in [4.78, 5) is 11.2. The van der Waals surface area contributed by atoms with E-state index >= 15 is 0 Å². The number of ether oxygens (including phenoxy) is 1. The first-order valence-electron chi connectivity index (χ1n) is 4.36. The molecule has 0 saturated carbocycles. The van der Waals surface area contributed by atoms with Crippen LogP contribution in [0.2, 0.25) is 0 Å². The Morgan fingerprint density at radius 1 is 1.47 bits per heavy atom. The van der Waals surface area contributed by atoms with E-state index in [0.29, 0.717) is 11.3 Å². The Balaban J connectivity index is 2.59. The van der Waals surface area contributed by atoms with Crippen LogP contribution in [0.3, 0.4) is 0 Å². The number of carbonyl (C=O) groups is 1. The normalized spacial score (nSPS) is 9.87. The molecule has 0 spiro atoms. The molecule has 0 atom stereocenters. The SMILES string of the molecule is COC(=O)c1ccn2c(C#N)ccc2c1. The van der Waals surface area contributed by atoms with E-state index in [1.54, 1.807) is 34.9 Å². The van der Waals surface area contributed by atoms with Gasteiger partial charge in [-0.2, -0.15) is 5.26 Å². The Morgan fingerprint density at radius 3 is 2.93 bits per heavy atom. The molecular formula is C11H8N2O2. The Labute approximate surface area is 86.3 Å². The Bertz CT molecular complexity index is 563. The molecule has 0 bridgehead atoms. The Kier molecular flexibility index (Phi) is 2.14. The Morgan fingerprint density at radius 2 is 2.27 bits per heavy atom. The minimum atomic E-state index is -0.378. The van der Waals surface area contributed by atoms with Gasteiger partial charge >= 0.3 is 5.97 Å². The number of aromatic nitrogens is 1. The smallest absolute Gasteiger partial charge is 0.337 e. The second-order valence-corrected chi connectivity index (χ2v) is 3.03. The van der Waals surface area contributed by atoms with Crippen molar-refractivity contribution in [2.75, 3.05) is 7.11 Å². The largest absolute Gasteiger partial charge is 0.465 e. The standard InChI is InChI=1S/C11H8N2O2/c1-15-11(14)8-4-5-13-9(6-8)2-3-10(13)7-12/h2-6H,1H3. The first kappa shape index (κ1) is 9.28. The minimum Gasteiger partial charge on any atom is -0.465 e. The maximum absolute atomic E-state index is 11.2. The topological polar surface area (TPSA) is 54.5 Å². The third kappa shape index (κ3) is 1.44. The average molecular weight is 200 g/mol. The van der Waals surface area contributed by atoms with Crippen molar-refractivity contribution in [3.8, 4) is 6.07 Å². The van der Waals surface area contributed by atoms with Crippen LogP contribution in [0, 0.1) is 11.3 Å². The number of hydrogen-bond acceptors (Lipinski definition) is 3. The highest BCUT2D eigenvalue weighted by atomic mass is 16.5. The summed E-state index contributed by atoms with van der Waals surface area (Å²) in [5, 5.41) is 8.79. The van der Waals surface area contributed by atoms with E-state index in [-0.39, 0.29) is 5.97 Å². The number of carbonyl (C=O) groups excluding carboxylic acids is 1. The van der Waals surface area contributed by atoms with Gasteiger partial charge in [-0.05, 0) is 24.3 Å². The van der Waals surface area contributed by atoms with Crippen molar-refractivity contribution >= 4 is 11.5 Å². The summed E-state index contributed by atoms with van der Waals surface area (Å²) in [5.41, 5.74) is 1.82. The molecule has 2 heterocycles. The first-order valence-corrected chi connectivity index (χ1v) is 4.36. The fourth-order valence-corrected chi connectivity index (χ4v) is 1.45. The van der Waals surface area contributed by atoms with Crippen LogP contribution < -0.4 is 0 Å². The Hall–Kier alpha value is -2.28. The number of fused-ring (bicyclic) bond motifs is 1. The number of methoxy groups -OCH3 is 1. The first-order chi connectivity index (χ1) is 7.26. The molecule has 4 heteroatoms. The predicted molar refractivity (Wildman–Crippen MR) is 53.5 cm³/mol. The van der Waals surface area contributed by atoms with E-state index in [1.807, 2.05) is 0 Å². The summed E-state index contributed by atoms with van der Waals surface area (Å²) in [5.74, 6) is -0.378. The van der Waals surface area contributed by atoms with Crippen molar-refractivity contribution in [1.29, 1.82) is 5.26 Å². The molecule has 0 aliphatic carbocycles. The summed E-state index contributed by atoms with van der Waals surface area (Å²) >= 11 is 0. The fraction of sp³-hybridized carbons (Fsp3) is 0.0909. The molecule has 0 radical (unpaired) electrons. The molecule has 2 rings (SSSR count). The van der Waals surface area contributed by atoms with Gasteiger partial charge in [0.15, 0.2) is 0 Å². The fourth-order valence-electron chi connectivity index (χ4n) is 1.45. The minimum absolute atomic E-state index is 0.378.